The molecule has 1 aromatic heterocycles. The van der Waals surface area contributed by atoms with Crippen LogP contribution in [-0.4, -0.2) is 16.8 Å². The zero-order chi connectivity index (χ0) is 19.4. The lowest BCUT2D eigenvalue weighted by Gasteiger charge is -2.10. The van der Waals surface area contributed by atoms with Crippen molar-refractivity contribution in [1.82, 2.24) is 4.98 Å². The Morgan fingerprint density at radius 2 is 1.85 bits per heavy atom. The van der Waals surface area contributed by atoms with Gasteiger partial charge in [0.1, 0.15) is 5.69 Å². The first-order chi connectivity index (χ1) is 12.9. The quantitative estimate of drug-likeness (QED) is 0.644. The van der Waals surface area contributed by atoms with Gasteiger partial charge in [-0.3, -0.25) is 9.59 Å². The molecule has 0 saturated heterocycles. The summed E-state index contributed by atoms with van der Waals surface area (Å²) in [6, 6.07) is 13.2. The van der Waals surface area contributed by atoms with Gasteiger partial charge in [-0.1, -0.05) is 48.0 Å². The second kappa shape index (κ2) is 8.33. The maximum absolute atomic E-state index is 12.5. The van der Waals surface area contributed by atoms with Crippen molar-refractivity contribution in [3.63, 3.8) is 0 Å². The molecule has 2 N–H and O–H groups in total. The van der Waals surface area contributed by atoms with E-state index in [9.17, 15) is 9.59 Å². The number of benzene rings is 2. The second-order valence-corrected chi connectivity index (χ2v) is 7.41. The highest BCUT2D eigenvalue weighted by atomic mass is 35.5. The van der Waals surface area contributed by atoms with E-state index in [1.807, 2.05) is 50.2 Å². The van der Waals surface area contributed by atoms with Gasteiger partial charge in [0.05, 0.1) is 17.1 Å². The van der Waals surface area contributed by atoms with Gasteiger partial charge in [0.25, 0.3) is 5.91 Å². The highest BCUT2D eigenvalue weighted by Gasteiger charge is 2.15. The van der Waals surface area contributed by atoms with Crippen molar-refractivity contribution < 1.29 is 9.59 Å². The minimum atomic E-state index is -0.372. The smallest absolute Gasteiger partial charge is 0.275 e. The Bertz CT molecular complexity index is 963. The maximum atomic E-state index is 12.5. The van der Waals surface area contributed by atoms with Crippen LogP contribution in [0.2, 0.25) is 5.02 Å². The summed E-state index contributed by atoms with van der Waals surface area (Å²) in [4.78, 5) is 28.8. The van der Waals surface area contributed by atoms with Crippen molar-refractivity contribution in [3.05, 3.63) is 75.3 Å². The van der Waals surface area contributed by atoms with Crippen molar-refractivity contribution in [2.45, 2.75) is 20.3 Å². The van der Waals surface area contributed by atoms with Gasteiger partial charge >= 0.3 is 0 Å². The molecule has 138 valence electrons. The number of aryl methyl sites for hydroxylation is 2. The summed E-state index contributed by atoms with van der Waals surface area (Å²) in [6.45, 7) is 3.82. The molecule has 0 fully saturated rings. The zero-order valence-corrected chi connectivity index (χ0v) is 16.4. The van der Waals surface area contributed by atoms with Crippen LogP contribution in [0.5, 0.6) is 0 Å². The van der Waals surface area contributed by atoms with Crippen molar-refractivity contribution in [1.29, 1.82) is 0 Å². The lowest BCUT2D eigenvalue weighted by atomic mass is 10.1. The first kappa shape index (κ1) is 19.1. The Morgan fingerprint density at radius 1 is 1.11 bits per heavy atom. The number of rotatable bonds is 5. The third-order valence-electron chi connectivity index (χ3n) is 3.86. The number of nitrogens with one attached hydrogen (secondary N) is 2. The van der Waals surface area contributed by atoms with Crippen LogP contribution in [-0.2, 0) is 11.2 Å². The Labute approximate surface area is 166 Å². The van der Waals surface area contributed by atoms with Gasteiger partial charge in [-0.25, -0.2) is 4.98 Å². The number of hydrogen-bond acceptors (Lipinski definition) is 4. The molecule has 7 heteroatoms. The topological polar surface area (TPSA) is 71.1 Å². The van der Waals surface area contributed by atoms with Gasteiger partial charge in [-0.15, -0.1) is 11.3 Å². The molecular formula is C20H18ClN3O2S. The fraction of sp³-hybridized carbons (Fsp3) is 0.150. The predicted molar refractivity (Wildman–Crippen MR) is 110 cm³/mol. The fourth-order valence-electron chi connectivity index (χ4n) is 2.63. The van der Waals surface area contributed by atoms with Crippen LogP contribution in [0.3, 0.4) is 0 Å². The Hall–Kier alpha value is -2.70. The number of anilines is 2. The third kappa shape index (κ3) is 4.93. The maximum Gasteiger partial charge on any atom is 0.275 e. The number of carbonyl (C=O) groups is 2. The van der Waals surface area contributed by atoms with E-state index < -0.39 is 0 Å². The molecule has 2 amide bonds. The average Bonchev–Trinajstić information content (AvgIpc) is 3.07. The van der Waals surface area contributed by atoms with Crippen LogP contribution in [0, 0.1) is 13.8 Å². The van der Waals surface area contributed by atoms with Gasteiger partial charge in [0.2, 0.25) is 5.91 Å². The predicted octanol–water partition coefficient (Wildman–Crippen LogP) is 4.85. The lowest BCUT2D eigenvalue weighted by molar-refractivity contribution is -0.115. The highest BCUT2D eigenvalue weighted by molar-refractivity contribution is 7.14. The molecule has 1 heterocycles. The average molecular weight is 400 g/mol. The summed E-state index contributed by atoms with van der Waals surface area (Å²) < 4.78 is 0. The first-order valence-corrected chi connectivity index (χ1v) is 9.55. The number of nitrogens with zero attached hydrogens (tertiary/aromatic N) is 1. The standard InChI is InChI=1S/C20H18ClN3O2S/c1-12-8-13(2)18(15(21)9-12)24-19(26)16-11-27-20(22-16)23-17(25)10-14-6-4-3-5-7-14/h3-9,11H,10H2,1-2H3,(H,24,26)(H,22,23,25). The van der Waals surface area contributed by atoms with Crippen LogP contribution in [0.15, 0.2) is 47.8 Å². The molecule has 5 nitrogen and oxygen atoms in total. The zero-order valence-electron chi connectivity index (χ0n) is 14.9. The minimum absolute atomic E-state index is 0.181. The largest absolute Gasteiger partial charge is 0.319 e. The summed E-state index contributed by atoms with van der Waals surface area (Å²) in [7, 11) is 0. The van der Waals surface area contributed by atoms with Crippen LogP contribution in [0.25, 0.3) is 0 Å². The molecule has 2 aromatic carbocycles. The minimum Gasteiger partial charge on any atom is -0.319 e. The van der Waals surface area contributed by atoms with Gasteiger partial charge in [0.15, 0.2) is 5.13 Å². The van der Waals surface area contributed by atoms with Crippen molar-refractivity contribution >= 4 is 45.6 Å². The Kier molecular flexibility index (Phi) is 5.88. The van der Waals surface area contributed by atoms with E-state index in [2.05, 4.69) is 15.6 Å². The number of carbonyl (C=O) groups excluding carboxylic acids is 2. The van der Waals surface area contributed by atoms with Crippen LogP contribution < -0.4 is 10.6 Å². The SMILES string of the molecule is Cc1cc(C)c(NC(=O)c2csc(NC(=O)Cc3ccccc3)n2)c(Cl)c1. The van der Waals surface area contributed by atoms with Crippen molar-refractivity contribution in [2.75, 3.05) is 10.6 Å². The summed E-state index contributed by atoms with van der Waals surface area (Å²) in [5.74, 6) is -0.552. The summed E-state index contributed by atoms with van der Waals surface area (Å²) in [5, 5.41) is 7.97. The molecule has 3 aromatic rings. The van der Waals surface area contributed by atoms with Crippen LogP contribution in [0.1, 0.15) is 27.2 Å². The number of hydrogen-bond donors (Lipinski definition) is 2. The van der Waals surface area contributed by atoms with E-state index in [1.54, 1.807) is 11.4 Å². The van der Waals surface area contributed by atoms with E-state index in [0.717, 1.165) is 16.7 Å². The van der Waals surface area contributed by atoms with Gasteiger partial charge in [-0.05, 0) is 36.6 Å². The van der Waals surface area contributed by atoms with E-state index in [0.29, 0.717) is 15.8 Å². The monoisotopic (exact) mass is 399 g/mol. The Balaban J connectivity index is 1.65. The van der Waals surface area contributed by atoms with E-state index >= 15 is 0 Å². The third-order valence-corrected chi connectivity index (χ3v) is 4.92. The molecule has 0 bridgehead atoms. The number of halogens is 1. The second-order valence-electron chi connectivity index (χ2n) is 6.14. The molecule has 0 spiro atoms. The number of aromatic nitrogens is 1. The number of amides is 2. The highest BCUT2D eigenvalue weighted by Crippen LogP contribution is 2.28. The van der Waals surface area contributed by atoms with E-state index in [-0.39, 0.29) is 23.9 Å². The first-order valence-electron chi connectivity index (χ1n) is 8.30. The molecule has 0 saturated carbocycles. The molecule has 0 radical (unpaired) electrons. The van der Waals surface area contributed by atoms with Gasteiger partial charge in [-0.2, -0.15) is 0 Å². The molecule has 3 rings (SSSR count). The molecule has 27 heavy (non-hydrogen) atoms. The normalized spacial score (nSPS) is 10.5. The molecule has 0 aliphatic carbocycles. The molecule has 0 aliphatic rings. The lowest BCUT2D eigenvalue weighted by Crippen LogP contribution is -2.16. The molecule has 0 aliphatic heterocycles. The van der Waals surface area contributed by atoms with Crippen molar-refractivity contribution in [2.24, 2.45) is 0 Å². The summed E-state index contributed by atoms with van der Waals surface area (Å²) >= 11 is 7.43. The van der Waals surface area contributed by atoms with Gasteiger partial charge < -0.3 is 10.6 Å². The molecular weight excluding hydrogens is 382 g/mol. The Morgan fingerprint density at radius 3 is 2.56 bits per heavy atom. The fourth-order valence-corrected chi connectivity index (χ4v) is 3.71. The van der Waals surface area contributed by atoms with Crippen molar-refractivity contribution in [3.8, 4) is 0 Å². The molecule has 0 atom stereocenters. The van der Waals surface area contributed by atoms with Gasteiger partial charge in [0, 0.05) is 5.38 Å². The summed E-state index contributed by atoms with van der Waals surface area (Å²) in [5.41, 5.74) is 3.60. The van der Waals surface area contributed by atoms with Crippen LogP contribution in [0.4, 0.5) is 10.8 Å². The van der Waals surface area contributed by atoms with E-state index in [1.165, 1.54) is 11.3 Å². The summed E-state index contributed by atoms with van der Waals surface area (Å²) in [6.07, 6.45) is 0.250. The van der Waals surface area contributed by atoms with Crippen LogP contribution >= 0.6 is 22.9 Å². The molecule has 0 unspecified atom stereocenters. The number of thiazole rings is 1. The van der Waals surface area contributed by atoms with E-state index in [4.69, 9.17) is 11.6 Å².